The molecule has 0 aromatic carbocycles. The van der Waals surface area contributed by atoms with E-state index in [1.54, 1.807) is 0 Å². The lowest BCUT2D eigenvalue weighted by molar-refractivity contribution is 0.0518. The van der Waals surface area contributed by atoms with Crippen molar-refractivity contribution in [3.63, 3.8) is 0 Å². The molecule has 0 saturated heterocycles. The van der Waals surface area contributed by atoms with Crippen LogP contribution < -0.4 is 0 Å². The minimum Gasteiger partial charge on any atom is -0.461 e. The summed E-state index contributed by atoms with van der Waals surface area (Å²) < 4.78 is 6.99. The monoisotopic (exact) mass is 279 g/mol. The van der Waals surface area contributed by atoms with Crippen LogP contribution in [-0.2, 0) is 11.3 Å². The Labute approximate surface area is 120 Å². The topological polar surface area (TPSA) is 57.0 Å². The summed E-state index contributed by atoms with van der Waals surface area (Å²) in [6.07, 6.45) is 8.41. The van der Waals surface area contributed by atoms with Crippen LogP contribution in [0.15, 0.2) is 0 Å². The summed E-state index contributed by atoms with van der Waals surface area (Å²) in [6.45, 7) is 5.27. The Hall–Kier alpha value is -1.39. The number of carbonyl (C=O) groups is 1. The third-order valence-corrected chi connectivity index (χ3v) is 3.68. The summed E-state index contributed by atoms with van der Waals surface area (Å²) in [4.78, 5) is 11.9. The van der Waals surface area contributed by atoms with Gasteiger partial charge in [-0.15, -0.1) is 5.10 Å². The minimum atomic E-state index is -0.327. The van der Waals surface area contributed by atoms with Crippen molar-refractivity contribution in [3.05, 3.63) is 11.4 Å². The van der Waals surface area contributed by atoms with Gasteiger partial charge >= 0.3 is 5.97 Å². The van der Waals surface area contributed by atoms with Gasteiger partial charge in [-0.05, 0) is 26.2 Å². The quantitative estimate of drug-likeness (QED) is 0.514. The first kappa shape index (κ1) is 15.0. The Morgan fingerprint density at radius 1 is 1.25 bits per heavy atom. The molecule has 0 unspecified atom stereocenters. The number of carbonyl (C=O) groups excluding carboxylic acids is 1. The highest BCUT2D eigenvalue weighted by molar-refractivity contribution is 5.88. The average molecular weight is 279 g/mol. The molecule has 1 aliphatic rings. The molecule has 1 aromatic rings. The number of hydrogen-bond donors (Lipinski definition) is 0. The molecular weight excluding hydrogens is 254 g/mol. The van der Waals surface area contributed by atoms with Crippen LogP contribution in [0, 0.1) is 0 Å². The van der Waals surface area contributed by atoms with E-state index in [9.17, 15) is 4.79 Å². The van der Waals surface area contributed by atoms with Gasteiger partial charge in [-0.3, -0.25) is 0 Å². The van der Waals surface area contributed by atoms with E-state index in [4.69, 9.17) is 4.74 Å². The van der Waals surface area contributed by atoms with Gasteiger partial charge in [-0.1, -0.05) is 37.8 Å². The maximum Gasteiger partial charge on any atom is 0.360 e. The average Bonchev–Trinajstić information content (AvgIpc) is 3.19. The maximum absolute atomic E-state index is 11.9. The van der Waals surface area contributed by atoms with Gasteiger partial charge in [0.1, 0.15) is 0 Å². The Morgan fingerprint density at radius 3 is 2.65 bits per heavy atom. The van der Waals surface area contributed by atoms with Crippen molar-refractivity contribution in [2.24, 2.45) is 0 Å². The zero-order chi connectivity index (χ0) is 14.4. The second-order valence-corrected chi connectivity index (χ2v) is 5.46. The summed E-state index contributed by atoms with van der Waals surface area (Å²) in [7, 11) is 0. The molecule has 1 heterocycles. The number of rotatable bonds is 9. The summed E-state index contributed by atoms with van der Waals surface area (Å²) in [5, 5.41) is 8.21. The van der Waals surface area contributed by atoms with Gasteiger partial charge in [0.15, 0.2) is 5.69 Å². The first-order chi connectivity index (χ1) is 9.77. The largest absolute Gasteiger partial charge is 0.461 e. The highest BCUT2D eigenvalue weighted by Gasteiger charge is 2.34. The number of aryl methyl sites for hydroxylation is 1. The van der Waals surface area contributed by atoms with E-state index >= 15 is 0 Å². The number of unbranched alkanes of at least 4 members (excludes halogenated alkanes) is 4. The second kappa shape index (κ2) is 7.41. The zero-order valence-corrected chi connectivity index (χ0v) is 12.6. The Kier molecular flexibility index (Phi) is 5.56. The molecule has 0 bridgehead atoms. The summed E-state index contributed by atoms with van der Waals surface area (Å²) >= 11 is 0. The van der Waals surface area contributed by atoms with Crippen LogP contribution in [0.4, 0.5) is 0 Å². The molecule has 20 heavy (non-hydrogen) atoms. The molecule has 0 atom stereocenters. The Balaban J connectivity index is 1.96. The number of hydrogen-bond acceptors (Lipinski definition) is 4. The molecule has 0 spiro atoms. The van der Waals surface area contributed by atoms with Gasteiger partial charge in [0.05, 0.1) is 12.3 Å². The Bertz CT molecular complexity index is 438. The molecule has 0 amide bonds. The molecule has 2 rings (SSSR count). The number of nitrogens with zero attached hydrogens (tertiary/aromatic N) is 3. The fourth-order valence-electron chi connectivity index (χ4n) is 2.46. The van der Waals surface area contributed by atoms with E-state index in [-0.39, 0.29) is 5.97 Å². The van der Waals surface area contributed by atoms with Crippen LogP contribution >= 0.6 is 0 Å². The van der Waals surface area contributed by atoms with Gasteiger partial charge in [0, 0.05) is 12.5 Å². The third kappa shape index (κ3) is 3.81. The van der Waals surface area contributed by atoms with Gasteiger partial charge in [0.25, 0.3) is 0 Å². The molecular formula is C15H25N3O2. The first-order valence-corrected chi connectivity index (χ1v) is 7.88. The smallest absolute Gasteiger partial charge is 0.360 e. The molecule has 112 valence electrons. The van der Waals surface area contributed by atoms with Crippen LogP contribution in [0.1, 0.15) is 80.9 Å². The van der Waals surface area contributed by atoms with E-state index in [2.05, 4.69) is 17.2 Å². The molecule has 5 heteroatoms. The minimum absolute atomic E-state index is 0.327. The third-order valence-electron chi connectivity index (χ3n) is 3.68. The molecule has 1 aliphatic carbocycles. The van der Waals surface area contributed by atoms with Crippen molar-refractivity contribution in [1.29, 1.82) is 0 Å². The van der Waals surface area contributed by atoms with Crippen LogP contribution in [0.2, 0.25) is 0 Å². The van der Waals surface area contributed by atoms with Crippen molar-refractivity contribution < 1.29 is 9.53 Å². The molecule has 0 radical (unpaired) electrons. The fraction of sp³-hybridized carbons (Fsp3) is 0.800. The Morgan fingerprint density at radius 2 is 2.00 bits per heavy atom. The van der Waals surface area contributed by atoms with Crippen LogP contribution in [-0.4, -0.2) is 27.6 Å². The van der Waals surface area contributed by atoms with Gasteiger partial charge in [-0.25, -0.2) is 9.48 Å². The maximum atomic E-state index is 11.9. The van der Waals surface area contributed by atoms with E-state index in [0.29, 0.717) is 18.2 Å². The predicted octanol–water partition coefficient (Wildman–Crippen LogP) is 3.30. The summed E-state index contributed by atoms with van der Waals surface area (Å²) in [5.74, 6) is 0.131. The van der Waals surface area contributed by atoms with Gasteiger partial charge in [0.2, 0.25) is 0 Å². The van der Waals surface area contributed by atoms with Crippen LogP contribution in [0.5, 0.6) is 0 Å². The molecule has 0 N–H and O–H groups in total. The molecule has 1 fully saturated rings. The van der Waals surface area contributed by atoms with Gasteiger partial charge in [-0.2, -0.15) is 0 Å². The highest BCUT2D eigenvalue weighted by atomic mass is 16.5. The zero-order valence-electron chi connectivity index (χ0n) is 12.6. The van der Waals surface area contributed by atoms with E-state index in [0.717, 1.165) is 31.5 Å². The van der Waals surface area contributed by atoms with E-state index in [1.807, 2.05) is 11.6 Å². The second-order valence-electron chi connectivity index (χ2n) is 5.46. The highest BCUT2D eigenvalue weighted by Crippen LogP contribution is 2.41. The molecule has 1 saturated carbocycles. The SMILES string of the molecule is CCCCCCCn1nnc(C(=O)OCC)c1C1CC1. The standard InChI is InChI=1S/C15H25N3O2/c1-3-5-6-7-8-11-18-14(12-9-10-12)13(16-17-18)15(19)20-4-2/h12H,3-11H2,1-2H3. The van der Waals surface area contributed by atoms with Crippen molar-refractivity contribution in [2.45, 2.75) is 71.3 Å². The number of ether oxygens (including phenoxy) is 1. The van der Waals surface area contributed by atoms with Crippen molar-refractivity contribution in [1.82, 2.24) is 15.0 Å². The van der Waals surface area contributed by atoms with Crippen molar-refractivity contribution >= 4 is 5.97 Å². The summed E-state index contributed by atoms with van der Waals surface area (Å²) in [6, 6.07) is 0. The summed E-state index contributed by atoms with van der Waals surface area (Å²) in [5.41, 5.74) is 1.43. The van der Waals surface area contributed by atoms with E-state index in [1.165, 1.54) is 25.7 Å². The molecule has 1 aromatic heterocycles. The lowest BCUT2D eigenvalue weighted by Crippen LogP contribution is -2.10. The fourth-order valence-corrected chi connectivity index (χ4v) is 2.46. The molecule has 0 aliphatic heterocycles. The molecule has 5 nitrogen and oxygen atoms in total. The van der Waals surface area contributed by atoms with Crippen molar-refractivity contribution in [2.75, 3.05) is 6.61 Å². The lowest BCUT2D eigenvalue weighted by atomic mass is 10.1. The lowest BCUT2D eigenvalue weighted by Gasteiger charge is -2.06. The van der Waals surface area contributed by atoms with Crippen LogP contribution in [0.25, 0.3) is 0 Å². The first-order valence-electron chi connectivity index (χ1n) is 7.88. The predicted molar refractivity (Wildman–Crippen MR) is 76.7 cm³/mol. The number of esters is 1. The van der Waals surface area contributed by atoms with Gasteiger partial charge < -0.3 is 4.74 Å². The van der Waals surface area contributed by atoms with Crippen molar-refractivity contribution in [3.8, 4) is 0 Å². The number of aromatic nitrogens is 3. The van der Waals surface area contributed by atoms with Crippen LogP contribution in [0.3, 0.4) is 0 Å². The normalized spacial score (nSPS) is 14.5. The van der Waals surface area contributed by atoms with E-state index < -0.39 is 0 Å².